The molecule has 0 fully saturated rings. The van der Waals surface area contributed by atoms with Gasteiger partial charge in [-0.15, -0.1) is 11.8 Å². The molecular formula is C19H18ClF3N2O3S. The molecule has 5 nitrogen and oxygen atoms in total. The summed E-state index contributed by atoms with van der Waals surface area (Å²) in [5.41, 5.74) is -0.484. The monoisotopic (exact) mass is 446 g/mol. The van der Waals surface area contributed by atoms with E-state index in [1.54, 1.807) is 31.2 Å². The largest absolute Gasteiger partial charge is 0.497 e. The van der Waals surface area contributed by atoms with Crippen LogP contribution in [0, 0.1) is 0 Å². The Morgan fingerprint density at radius 2 is 1.79 bits per heavy atom. The Balaban J connectivity index is 1.89. The van der Waals surface area contributed by atoms with E-state index in [9.17, 15) is 22.8 Å². The quantitative estimate of drug-likeness (QED) is 0.623. The zero-order valence-corrected chi connectivity index (χ0v) is 17.0. The molecule has 1 unspecified atom stereocenters. The van der Waals surface area contributed by atoms with Gasteiger partial charge in [0.25, 0.3) is 0 Å². The summed E-state index contributed by atoms with van der Waals surface area (Å²) in [6.45, 7) is 1.54. The van der Waals surface area contributed by atoms with Gasteiger partial charge in [0.15, 0.2) is 0 Å². The third-order valence-corrected chi connectivity index (χ3v) is 5.23. The van der Waals surface area contributed by atoms with Gasteiger partial charge in [0.05, 0.1) is 34.4 Å². The highest BCUT2D eigenvalue weighted by atomic mass is 35.5. The highest BCUT2D eigenvalue weighted by Gasteiger charge is 2.31. The van der Waals surface area contributed by atoms with Crippen molar-refractivity contribution >= 4 is 46.6 Å². The van der Waals surface area contributed by atoms with Gasteiger partial charge >= 0.3 is 6.18 Å². The SMILES string of the molecule is COc1ccc(NC(=O)CSC(C)C(=O)Nc2cc(C(F)(F)F)ccc2Cl)cc1. The van der Waals surface area contributed by atoms with Gasteiger partial charge < -0.3 is 15.4 Å². The minimum absolute atomic E-state index is 0.0131. The lowest BCUT2D eigenvalue weighted by Crippen LogP contribution is -2.25. The Bertz CT molecular complexity index is 876. The first-order valence-electron chi connectivity index (χ1n) is 8.33. The van der Waals surface area contributed by atoms with Crippen LogP contribution in [-0.4, -0.2) is 29.9 Å². The van der Waals surface area contributed by atoms with E-state index in [2.05, 4.69) is 10.6 Å². The summed E-state index contributed by atoms with van der Waals surface area (Å²) in [4.78, 5) is 24.3. The fraction of sp³-hybridized carbons (Fsp3) is 0.263. The molecule has 0 spiro atoms. The van der Waals surface area contributed by atoms with E-state index in [4.69, 9.17) is 16.3 Å². The number of alkyl halides is 3. The lowest BCUT2D eigenvalue weighted by atomic mass is 10.2. The van der Waals surface area contributed by atoms with Crippen LogP contribution in [0.25, 0.3) is 0 Å². The van der Waals surface area contributed by atoms with Crippen molar-refractivity contribution in [3.63, 3.8) is 0 Å². The molecule has 0 saturated carbocycles. The molecule has 0 saturated heterocycles. The van der Waals surface area contributed by atoms with Crippen molar-refractivity contribution in [1.29, 1.82) is 0 Å². The van der Waals surface area contributed by atoms with Crippen LogP contribution < -0.4 is 15.4 Å². The lowest BCUT2D eigenvalue weighted by molar-refractivity contribution is -0.137. The number of hydrogen-bond donors (Lipinski definition) is 2. The third kappa shape index (κ3) is 6.86. The maximum Gasteiger partial charge on any atom is 0.416 e. The highest BCUT2D eigenvalue weighted by molar-refractivity contribution is 8.01. The first-order chi connectivity index (χ1) is 13.6. The third-order valence-electron chi connectivity index (χ3n) is 3.76. The molecule has 0 radical (unpaired) electrons. The van der Waals surface area contributed by atoms with Crippen LogP contribution in [0.4, 0.5) is 24.5 Å². The molecule has 2 N–H and O–H groups in total. The molecule has 0 aliphatic carbocycles. The maximum atomic E-state index is 12.8. The zero-order valence-electron chi connectivity index (χ0n) is 15.5. The molecule has 2 rings (SSSR count). The number of rotatable bonds is 7. The van der Waals surface area contributed by atoms with E-state index in [0.29, 0.717) is 11.4 Å². The van der Waals surface area contributed by atoms with Crippen molar-refractivity contribution in [3.8, 4) is 5.75 Å². The maximum absolute atomic E-state index is 12.8. The van der Waals surface area contributed by atoms with Crippen molar-refractivity contribution in [3.05, 3.63) is 53.1 Å². The molecule has 10 heteroatoms. The second-order valence-electron chi connectivity index (χ2n) is 5.91. The van der Waals surface area contributed by atoms with E-state index in [0.717, 1.165) is 30.0 Å². The van der Waals surface area contributed by atoms with Gasteiger partial charge in [-0.1, -0.05) is 11.6 Å². The van der Waals surface area contributed by atoms with Crippen molar-refractivity contribution in [2.45, 2.75) is 18.3 Å². The minimum atomic E-state index is -4.55. The molecule has 0 aliphatic heterocycles. The molecule has 1 atom stereocenters. The van der Waals surface area contributed by atoms with Crippen molar-refractivity contribution in [1.82, 2.24) is 0 Å². The van der Waals surface area contributed by atoms with Crippen molar-refractivity contribution < 1.29 is 27.5 Å². The van der Waals surface area contributed by atoms with Crippen molar-refractivity contribution in [2.24, 2.45) is 0 Å². The standard InChI is InChI=1S/C19H18ClF3N2O3S/c1-11(29-10-17(26)24-13-4-6-14(28-2)7-5-13)18(27)25-16-9-12(19(21,22)23)3-8-15(16)20/h3-9,11H,10H2,1-2H3,(H,24,26)(H,25,27). The molecule has 29 heavy (non-hydrogen) atoms. The predicted octanol–water partition coefficient (Wildman–Crippen LogP) is 5.07. The summed E-state index contributed by atoms with van der Waals surface area (Å²) < 4.78 is 43.5. The number of nitrogens with one attached hydrogen (secondary N) is 2. The van der Waals surface area contributed by atoms with Crippen LogP contribution in [0.15, 0.2) is 42.5 Å². The summed E-state index contributed by atoms with van der Waals surface area (Å²) >= 11 is 6.91. The second kappa shape index (κ2) is 9.89. The Labute approximate surface area is 175 Å². The Morgan fingerprint density at radius 1 is 1.14 bits per heavy atom. The van der Waals surface area contributed by atoms with Crippen LogP contribution in [0.3, 0.4) is 0 Å². The predicted molar refractivity (Wildman–Crippen MR) is 109 cm³/mol. The molecule has 156 valence electrons. The first-order valence-corrected chi connectivity index (χ1v) is 9.76. The Kier molecular flexibility index (Phi) is 7.80. The number of carbonyl (C=O) groups is 2. The van der Waals surface area contributed by atoms with Crippen LogP contribution in [0.5, 0.6) is 5.75 Å². The normalized spacial score (nSPS) is 12.2. The summed E-state index contributed by atoms with van der Waals surface area (Å²) in [6.07, 6.45) is -4.55. The molecule has 2 amide bonds. The first kappa shape index (κ1) is 22.9. The minimum Gasteiger partial charge on any atom is -0.497 e. The fourth-order valence-electron chi connectivity index (χ4n) is 2.18. The summed E-state index contributed by atoms with van der Waals surface area (Å²) in [7, 11) is 1.53. The molecule has 0 bridgehead atoms. The summed E-state index contributed by atoms with van der Waals surface area (Å²) in [6, 6.07) is 9.41. The molecule has 2 aromatic carbocycles. The summed E-state index contributed by atoms with van der Waals surface area (Å²) in [5, 5.41) is 4.34. The van der Waals surface area contributed by atoms with Gasteiger partial charge in [-0.3, -0.25) is 9.59 Å². The van der Waals surface area contributed by atoms with E-state index in [-0.39, 0.29) is 22.4 Å². The number of ether oxygens (including phenoxy) is 1. The molecule has 2 aromatic rings. The number of carbonyl (C=O) groups excluding carboxylic acids is 2. The molecule has 0 heterocycles. The lowest BCUT2D eigenvalue weighted by Gasteiger charge is -2.15. The van der Waals surface area contributed by atoms with Gasteiger partial charge in [0.2, 0.25) is 11.8 Å². The molecule has 0 aromatic heterocycles. The van der Waals surface area contributed by atoms with E-state index in [1.165, 1.54) is 7.11 Å². The molecule has 0 aliphatic rings. The van der Waals surface area contributed by atoms with Crippen LogP contribution in [0.1, 0.15) is 12.5 Å². The average molecular weight is 447 g/mol. The fourth-order valence-corrected chi connectivity index (χ4v) is 3.03. The smallest absolute Gasteiger partial charge is 0.416 e. The summed E-state index contributed by atoms with van der Waals surface area (Å²) in [5.74, 6) is -0.252. The topological polar surface area (TPSA) is 67.4 Å². The number of benzene rings is 2. The van der Waals surface area contributed by atoms with Gasteiger partial charge in [-0.25, -0.2) is 0 Å². The van der Waals surface area contributed by atoms with Crippen LogP contribution in [0.2, 0.25) is 5.02 Å². The number of halogens is 4. The zero-order chi connectivity index (χ0) is 21.6. The average Bonchev–Trinajstić information content (AvgIpc) is 2.67. The van der Waals surface area contributed by atoms with Gasteiger partial charge in [0.1, 0.15) is 5.75 Å². The van der Waals surface area contributed by atoms with Crippen LogP contribution >= 0.6 is 23.4 Å². The van der Waals surface area contributed by atoms with E-state index < -0.39 is 22.9 Å². The molecular weight excluding hydrogens is 429 g/mol. The second-order valence-corrected chi connectivity index (χ2v) is 7.65. The van der Waals surface area contributed by atoms with Crippen molar-refractivity contribution in [2.75, 3.05) is 23.5 Å². The highest BCUT2D eigenvalue weighted by Crippen LogP contribution is 2.34. The van der Waals surface area contributed by atoms with Gasteiger partial charge in [-0.05, 0) is 49.4 Å². The van der Waals surface area contributed by atoms with Gasteiger partial charge in [0, 0.05) is 5.69 Å². The van der Waals surface area contributed by atoms with E-state index in [1.807, 2.05) is 0 Å². The number of amides is 2. The van der Waals surface area contributed by atoms with E-state index >= 15 is 0 Å². The van der Waals surface area contributed by atoms with Crippen LogP contribution in [-0.2, 0) is 15.8 Å². The Hall–Kier alpha value is -2.39. The number of methoxy groups -OCH3 is 1. The number of anilines is 2. The number of hydrogen-bond acceptors (Lipinski definition) is 4. The Morgan fingerprint density at radius 3 is 2.38 bits per heavy atom. The number of thioether (sulfide) groups is 1. The van der Waals surface area contributed by atoms with Gasteiger partial charge in [-0.2, -0.15) is 13.2 Å².